The number of benzene rings is 2. The molecular formula is C25H34N2O3. The second-order valence-corrected chi connectivity index (χ2v) is 7.57. The second-order valence-electron chi connectivity index (χ2n) is 7.57. The molecule has 2 amide bonds. The Kier molecular flexibility index (Phi) is 10.5. The van der Waals surface area contributed by atoms with E-state index >= 15 is 0 Å². The molecule has 0 aliphatic carbocycles. The highest BCUT2D eigenvalue weighted by atomic mass is 16.5. The van der Waals surface area contributed by atoms with Crippen LogP contribution in [0.1, 0.15) is 57.9 Å². The molecule has 0 bridgehead atoms. The normalized spacial score (nSPS) is 11.5. The highest BCUT2D eigenvalue weighted by Crippen LogP contribution is 2.17. The van der Waals surface area contributed by atoms with E-state index in [2.05, 4.69) is 24.5 Å². The van der Waals surface area contributed by atoms with Gasteiger partial charge in [-0.2, -0.15) is 0 Å². The molecule has 0 fully saturated rings. The number of anilines is 1. The molecule has 0 heterocycles. The molecule has 2 N–H and O–H groups in total. The first-order valence-corrected chi connectivity index (χ1v) is 10.9. The number of nitrogens with one attached hydrogen (secondary N) is 2. The van der Waals surface area contributed by atoms with Gasteiger partial charge in [0, 0.05) is 25.1 Å². The van der Waals surface area contributed by atoms with Crippen molar-refractivity contribution in [2.75, 3.05) is 11.9 Å². The van der Waals surface area contributed by atoms with Gasteiger partial charge in [0.1, 0.15) is 12.4 Å². The minimum absolute atomic E-state index is 0.0650. The van der Waals surface area contributed by atoms with E-state index in [-0.39, 0.29) is 24.7 Å². The molecule has 2 aromatic rings. The fraction of sp³-hybridized carbons (Fsp3) is 0.440. The van der Waals surface area contributed by atoms with Crippen molar-refractivity contribution in [1.82, 2.24) is 5.32 Å². The maximum atomic E-state index is 12.1. The topological polar surface area (TPSA) is 67.4 Å². The average Bonchev–Trinajstić information content (AvgIpc) is 2.78. The molecule has 0 radical (unpaired) electrons. The minimum atomic E-state index is -0.166. The molecule has 162 valence electrons. The Morgan fingerprint density at radius 3 is 2.30 bits per heavy atom. The zero-order valence-electron chi connectivity index (χ0n) is 18.2. The van der Waals surface area contributed by atoms with E-state index in [0.29, 0.717) is 24.8 Å². The van der Waals surface area contributed by atoms with Crippen LogP contribution in [0.15, 0.2) is 54.6 Å². The highest BCUT2D eigenvalue weighted by Gasteiger charge is 2.10. The van der Waals surface area contributed by atoms with Crippen LogP contribution in [0.5, 0.6) is 5.75 Å². The summed E-state index contributed by atoms with van der Waals surface area (Å²) < 4.78 is 5.75. The van der Waals surface area contributed by atoms with E-state index in [1.54, 1.807) is 12.1 Å². The molecule has 5 heteroatoms. The Labute approximate surface area is 180 Å². The average molecular weight is 411 g/mol. The maximum absolute atomic E-state index is 12.1. The predicted octanol–water partition coefficient (Wildman–Crippen LogP) is 5.32. The highest BCUT2D eigenvalue weighted by molar-refractivity contribution is 5.93. The molecule has 30 heavy (non-hydrogen) atoms. The van der Waals surface area contributed by atoms with E-state index in [9.17, 15) is 9.59 Å². The zero-order valence-corrected chi connectivity index (χ0v) is 18.2. The summed E-state index contributed by atoms with van der Waals surface area (Å²) in [5.41, 5.74) is 1.79. The van der Waals surface area contributed by atoms with Gasteiger partial charge in [-0.05, 0) is 42.2 Å². The van der Waals surface area contributed by atoms with Gasteiger partial charge in [-0.3, -0.25) is 9.59 Å². The lowest BCUT2D eigenvalue weighted by atomic mass is 9.99. The molecule has 0 aromatic heterocycles. The number of hydrogen-bond acceptors (Lipinski definition) is 3. The van der Waals surface area contributed by atoms with Gasteiger partial charge >= 0.3 is 0 Å². The first-order valence-electron chi connectivity index (χ1n) is 10.9. The van der Waals surface area contributed by atoms with E-state index in [4.69, 9.17) is 4.74 Å². The molecule has 0 saturated heterocycles. The third kappa shape index (κ3) is 9.12. The summed E-state index contributed by atoms with van der Waals surface area (Å²) in [5, 5.41) is 5.79. The van der Waals surface area contributed by atoms with E-state index in [0.717, 1.165) is 24.2 Å². The lowest BCUT2D eigenvalue weighted by Crippen LogP contribution is -2.29. The van der Waals surface area contributed by atoms with Crippen molar-refractivity contribution in [3.63, 3.8) is 0 Å². The first-order chi connectivity index (χ1) is 14.6. The Bertz CT molecular complexity index is 760. The molecule has 0 aliphatic rings. The van der Waals surface area contributed by atoms with Gasteiger partial charge in [0.2, 0.25) is 11.8 Å². The zero-order chi connectivity index (χ0) is 21.6. The van der Waals surface area contributed by atoms with Crippen molar-refractivity contribution < 1.29 is 14.3 Å². The molecule has 1 unspecified atom stereocenters. The smallest absolute Gasteiger partial charge is 0.224 e. The van der Waals surface area contributed by atoms with Crippen LogP contribution >= 0.6 is 0 Å². The van der Waals surface area contributed by atoms with Gasteiger partial charge in [-0.1, -0.05) is 63.4 Å². The first kappa shape index (κ1) is 23.5. The van der Waals surface area contributed by atoms with Crippen molar-refractivity contribution in [2.45, 2.75) is 59.0 Å². The van der Waals surface area contributed by atoms with Crippen LogP contribution in [0.2, 0.25) is 0 Å². The quantitative estimate of drug-likeness (QED) is 0.470. The number of rotatable bonds is 13. The maximum Gasteiger partial charge on any atom is 0.224 e. The summed E-state index contributed by atoms with van der Waals surface area (Å²) in [7, 11) is 0. The van der Waals surface area contributed by atoms with E-state index in [1.807, 2.05) is 42.5 Å². The van der Waals surface area contributed by atoms with Crippen molar-refractivity contribution in [3.05, 3.63) is 60.2 Å². The van der Waals surface area contributed by atoms with Crippen molar-refractivity contribution >= 4 is 17.5 Å². The van der Waals surface area contributed by atoms with Gasteiger partial charge < -0.3 is 15.4 Å². The Morgan fingerprint density at radius 1 is 0.933 bits per heavy atom. The molecule has 2 aromatic carbocycles. The fourth-order valence-corrected chi connectivity index (χ4v) is 3.12. The molecule has 2 rings (SSSR count). The van der Waals surface area contributed by atoms with Crippen LogP contribution in [0, 0.1) is 5.92 Å². The van der Waals surface area contributed by atoms with Crippen LogP contribution < -0.4 is 15.4 Å². The summed E-state index contributed by atoms with van der Waals surface area (Å²) in [6.45, 7) is 5.52. The monoisotopic (exact) mass is 410 g/mol. The lowest BCUT2D eigenvalue weighted by molar-refractivity contribution is -0.124. The fourth-order valence-electron chi connectivity index (χ4n) is 3.12. The molecule has 1 atom stereocenters. The summed E-state index contributed by atoms with van der Waals surface area (Å²) in [4.78, 5) is 24.1. The van der Waals surface area contributed by atoms with E-state index < -0.39 is 0 Å². The molecule has 0 aliphatic heterocycles. The number of unbranched alkanes of at least 4 members (excludes halogenated alkanes) is 1. The van der Waals surface area contributed by atoms with Gasteiger partial charge in [0.15, 0.2) is 0 Å². The molecule has 0 spiro atoms. The van der Waals surface area contributed by atoms with Crippen LogP contribution in [-0.4, -0.2) is 18.4 Å². The molecule has 5 nitrogen and oxygen atoms in total. The summed E-state index contributed by atoms with van der Waals surface area (Å²) >= 11 is 0. The van der Waals surface area contributed by atoms with Crippen LogP contribution in [0.3, 0.4) is 0 Å². The lowest BCUT2D eigenvalue weighted by Gasteiger charge is -2.15. The minimum Gasteiger partial charge on any atom is -0.489 e. The molecule has 0 saturated carbocycles. The van der Waals surface area contributed by atoms with Crippen molar-refractivity contribution in [1.29, 1.82) is 0 Å². The number of carbonyl (C=O) groups excluding carboxylic acids is 2. The van der Waals surface area contributed by atoms with E-state index in [1.165, 1.54) is 12.8 Å². The van der Waals surface area contributed by atoms with Gasteiger partial charge in [0.25, 0.3) is 0 Å². The third-order valence-corrected chi connectivity index (χ3v) is 5.10. The largest absolute Gasteiger partial charge is 0.489 e. The Balaban J connectivity index is 1.67. The number of amides is 2. The third-order valence-electron chi connectivity index (χ3n) is 5.10. The summed E-state index contributed by atoms with van der Waals surface area (Å²) in [6.07, 6.45) is 4.93. The predicted molar refractivity (Wildman–Crippen MR) is 121 cm³/mol. The standard InChI is InChI=1S/C25H34N2O3/c1-3-5-9-20(4-2)18-26-24(28)16-17-25(29)27-22-12-14-23(15-13-22)30-19-21-10-7-6-8-11-21/h6-8,10-15,20H,3-5,9,16-19H2,1-2H3,(H,26,28)(H,27,29). The summed E-state index contributed by atoms with van der Waals surface area (Å²) in [6, 6.07) is 17.2. The number of hydrogen-bond donors (Lipinski definition) is 2. The molecular weight excluding hydrogens is 376 g/mol. The second kappa shape index (κ2) is 13.4. The van der Waals surface area contributed by atoms with Crippen molar-refractivity contribution in [2.24, 2.45) is 5.92 Å². The number of carbonyl (C=O) groups is 2. The van der Waals surface area contributed by atoms with Crippen LogP contribution in [0.4, 0.5) is 5.69 Å². The Morgan fingerprint density at radius 2 is 1.63 bits per heavy atom. The number of ether oxygens (including phenoxy) is 1. The van der Waals surface area contributed by atoms with Gasteiger partial charge in [-0.25, -0.2) is 0 Å². The summed E-state index contributed by atoms with van der Waals surface area (Å²) in [5.74, 6) is 1.03. The SMILES string of the molecule is CCCCC(CC)CNC(=O)CCC(=O)Nc1ccc(OCc2ccccc2)cc1. The van der Waals surface area contributed by atoms with Crippen LogP contribution in [0.25, 0.3) is 0 Å². The van der Waals surface area contributed by atoms with Crippen molar-refractivity contribution in [3.8, 4) is 5.75 Å². The van der Waals surface area contributed by atoms with Crippen LogP contribution in [-0.2, 0) is 16.2 Å². The van der Waals surface area contributed by atoms with Gasteiger partial charge in [-0.15, -0.1) is 0 Å². The Hall–Kier alpha value is -2.82. The van der Waals surface area contributed by atoms with Gasteiger partial charge in [0.05, 0.1) is 0 Å².